The second-order valence-electron chi connectivity index (χ2n) is 3.87. The minimum atomic E-state index is 0.273. The van der Waals surface area contributed by atoms with Crippen molar-refractivity contribution in [3.63, 3.8) is 0 Å². The SMILES string of the molecule is CCC(CCO)CNCc1cccc(Br)n1. The number of aromatic nitrogens is 1. The van der Waals surface area contributed by atoms with E-state index in [1.807, 2.05) is 18.2 Å². The van der Waals surface area contributed by atoms with Gasteiger partial charge in [-0.25, -0.2) is 4.98 Å². The molecule has 2 N–H and O–H groups in total. The standard InChI is InChI=1S/C12H19BrN2O/c1-2-10(6-7-16)8-14-9-11-4-3-5-12(13)15-11/h3-5,10,14,16H,2,6-9H2,1H3. The molecule has 0 amide bonds. The van der Waals surface area contributed by atoms with Crippen LogP contribution >= 0.6 is 15.9 Å². The van der Waals surface area contributed by atoms with Gasteiger partial charge in [-0.15, -0.1) is 0 Å². The Bertz CT molecular complexity index is 307. The van der Waals surface area contributed by atoms with E-state index in [9.17, 15) is 0 Å². The number of aliphatic hydroxyl groups is 1. The van der Waals surface area contributed by atoms with Crippen LogP contribution in [-0.4, -0.2) is 23.2 Å². The predicted octanol–water partition coefficient (Wildman–Crippen LogP) is 2.34. The molecular weight excluding hydrogens is 268 g/mol. The second-order valence-corrected chi connectivity index (χ2v) is 4.68. The Morgan fingerprint density at radius 3 is 2.94 bits per heavy atom. The lowest BCUT2D eigenvalue weighted by atomic mass is 10.0. The number of aliphatic hydroxyl groups excluding tert-OH is 1. The van der Waals surface area contributed by atoms with Crippen molar-refractivity contribution in [2.45, 2.75) is 26.3 Å². The van der Waals surface area contributed by atoms with Gasteiger partial charge < -0.3 is 10.4 Å². The van der Waals surface area contributed by atoms with Gasteiger partial charge in [0.05, 0.1) is 5.69 Å². The Hall–Kier alpha value is -0.450. The highest BCUT2D eigenvalue weighted by atomic mass is 79.9. The highest BCUT2D eigenvalue weighted by Gasteiger charge is 2.04. The minimum absolute atomic E-state index is 0.273. The molecule has 90 valence electrons. The molecule has 0 aliphatic heterocycles. The maximum absolute atomic E-state index is 8.87. The lowest BCUT2D eigenvalue weighted by molar-refractivity contribution is 0.251. The number of nitrogens with zero attached hydrogens (tertiary/aromatic N) is 1. The summed E-state index contributed by atoms with van der Waals surface area (Å²) in [4.78, 5) is 4.35. The first-order valence-corrected chi connectivity index (χ1v) is 6.48. The molecule has 0 spiro atoms. The van der Waals surface area contributed by atoms with E-state index in [0.29, 0.717) is 5.92 Å². The summed E-state index contributed by atoms with van der Waals surface area (Å²) in [5, 5.41) is 12.2. The molecule has 0 radical (unpaired) electrons. The zero-order chi connectivity index (χ0) is 11.8. The van der Waals surface area contributed by atoms with Gasteiger partial charge in [0.15, 0.2) is 0 Å². The maximum Gasteiger partial charge on any atom is 0.106 e. The topological polar surface area (TPSA) is 45.1 Å². The molecule has 0 aromatic carbocycles. The smallest absolute Gasteiger partial charge is 0.106 e. The van der Waals surface area contributed by atoms with Crippen molar-refractivity contribution in [2.24, 2.45) is 5.92 Å². The van der Waals surface area contributed by atoms with Crippen molar-refractivity contribution in [1.82, 2.24) is 10.3 Å². The van der Waals surface area contributed by atoms with E-state index < -0.39 is 0 Å². The van der Waals surface area contributed by atoms with Crippen LogP contribution in [-0.2, 0) is 6.54 Å². The molecule has 3 nitrogen and oxygen atoms in total. The molecule has 1 unspecified atom stereocenters. The summed E-state index contributed by atoms with van der Waals surface area (Å²) in [5.41, 5.74) is 1.04. The van der Waals surface area contributed by atoms with E-state index in [0.717, 1.165) is 36.2 Å². The summed E-state index contributed by atoms with van der Waals surface area (Å²) in [5.74, 6) is 0.553. The van der Waals surface area contributed by atoms with E-state index >= 15 is 0 Å². The molecule has 4 heteroatoms. The Morgan fingerprint density at radius 2 is 2.31 bits per heavy atom. The number of rotatable bonds is 7. The fourth-order valence-corrected chi connectivity index (χ4v) is 1.97. The summed E-state index contributed by atoms with van der Waals surface area (Å²) in [6.45, 7) is 4.14. The minimum Gasteiger partial charge on any atom is -0.396 e. The Morgan fingerprint density at radius 1 is 1.50 bits per heavy atom. The average molecular weight is 287 g/mol. The normalized spacial score (nSPS) is 12.7. The molecule has 16 heavy (non-hydrogen) atoms. The van der Waals surface area contributed by atoms with Gasteiger partial charge in [-0.05, 0) is 46.9 Å². The summed E-state index contributed by atoms with van der Waals surface area (Å²) < 4.78 is 0.870. The second kappa shape index (κ2) is 7.76. The Balaban J connectivity index is 2.29. The molecule has 1 atom stereocenters. The van der Waals surface area contributed by atoms with E-state index in [-0.39, 0.29) is 6.61 Å². The zero-order valence-corrected chi connectivity index (χ0v) is 11.2. The van der Waals surface area contributed by atoms with Crippen molar-refractivity contribution in [3.8, 4) is 0 Å². The largest absolute Gasteiger partial charge is 0.396 e. The van der Waals surface area contributed by atoms with Crippen LogP contribution < -0.4 is 5.32 Å². The number of pyridine rings is 1. The number of halogens is 1. The summed E-state index contributed by atoms with van der Waals surface area (Å²) in [6, 6.07) is 5.91. The van der Waals surface area contributed by atoms with E-state index in [2.05, 4.69) is 33.2 Å². The number of hydrogen-bond acceptors (Lipinski definition) is 3. The van der Waals surface area contributed by atoms with Crippen LogP contribution in [0.5, 0.6) is 0 Å². The van der Waals surface area contributed by atoms with Crippen LogP contribution in [0.3, 0.4) is 0 Å². The van der Waals surface area contributed by atoms with Crippen LogP contribution in [0.2, 0.25) is 0 Å². The van der Waals surface area contributed by atoms with Gasteiger partial charge >= 0.3 is 0 Å². The van der Waals surface area contributed by atoms with Crippen LogP contribution in [0.1, 0.15) is 25.5 Å². The van der Waals surface area contributed by atoms with Crippen LogP contribution in [0, 0.1) is 5.92 Å². The Labute approximate surface area is 105 Å². The predicted molar refractivity (Wildman–Crippen MR) is 69.1 cm³/mol. The monoisotopic (exact) mass is 286 g/mol. The molecule has 1 rings (SSSR count). The number of nitrogens with one attached hydrogen (secondary N) is 1. The van der Waals surface area contributed by atoms with Crippen molar-refractivity contribution >= 4 is 15.9 Å². The first-order chi connectivity index (χ1) is 7.76. The van der Waals surface area contributed by atoms with E-state index in [1.54, 1.807) is 0 Å². The van der Waals surface area contributed by atoms with Crippen LogP contribution in [0.25, 0.3) is 0 Å². The lowest BCUT2D eigenvalue weighted by Gasteiger charge is -2.14. The third kappa shape index (κ3) is 5.05. The summed E-state index contributed by atoms with van der Waals surface area (Å²) in [6.07, 6.45) is 1.97. The molecule has 0 saturated carbocycles. The molecular formula is C12H19BrN2O. The zero-order valence-electron chi connectivity index (χ0n) is 9.62. The van der Waals surface area contributed by atoms with Gasteiger partial charge in [0.25, 0.3) is 0 Å². The molecule has 0 aliphatic carbocycles. The van der Waals surface area contributed by atoms with Crippen molar-refractivity contribution in [1.29, 1.82) is 0 Å². The lowest BCUT2D eigenvalue weighted by Crippen LogP contribution is -2.23. The first kappa shape index (κ1) is 13.6. The Kier molecular flexibility index (Phi) is 6.61. The fourth-order valence-electron chi connectivity index (χ4n) is 1.59. The summed E-state index contributed by atoms with van der Waals surface area (Å²) >= 11 is 3.35. The van der Waals surface area contributed by atoms with Gasteiger partial charge in [-0.2, -0.15) is 0 Å². The fraction of sp³-hybridized carbons (Fsp3) is 0.583. The summed E-state index contributed by atoms with van der Waals surface area (Å²) in [7, 11) is 0. The van der Waals surface area contributed by atoms with E-state index in [1.165, 1.54) is 0 Å². The molecule has 0 fully saturated rings. The molecule has 0 bridgehead atoms. The molecule has 0 saturated heterocycles. The quantitative estimate of drug-likeness (QED) is 0.757. The van der Waals surface area contributed by atoms with Gasteiger partial charge in [0, 0.05) is 13.2 Å². The van der Waals surface area contributed by atoms with Crippen LogP contribution in [0.15, 0.2) is 22.8 Å². The molecule has 1 aromatic heterocycles. The van der Waals surface area contributed by atoms with Gasteiger partial charge in [0.2, 0.25) is 0 Å². The third-order valence-corrected chi connectivity index (χ3v) is 3.07. The molecule has 0 aliphatic rings. The highest BCUT2D eigenvalue weighted by molar-refractivity contribution is 9.10. The van der Waals surface area contributed by atoms with Crippen molar-refractivity contribution in [3.05, 3.63) is 28.5 Å². The first-order valence-electron chi connectivity index (χ1n) is 5.69. The molecule has 1 heterocycles. The molecule has 1 aromatic rings. The van der Waals surface area contributed by atoms with Crippen LogP contribution in [0.4, 0.5) is 0 Å². The average Bonchev–Trinajstić information content (AvgIpc) is 2.28. The number of hydrogen-bond donors (Lipinski definition) is 2. The van der Waals surface area contributed by atoms with E-state index in [4.69, 9.17) is 5.11 Å². The van der Waals surface area contributed by atoms with Gasteiger partial charge in [-0.1, -0.05) is 19.4 Å². The van der Waals surface area contributed by atoms with Crippen molar-refractivity contribution < 1.29 is 5.11 Å². The highest BCUT2D eigenvalue weighted by Crippen LogP contribution is 2.08. The maximum atomic E-state index is 8.87. The van der Waals surface area contributed by atoms with Gasteiger partial charge in [-0.3, -0.25) is 0 Å². The van der Waals surface area contributed by atoms with Gasteiger partial charge in [0.1, 0.15) is 4.60 Å². The third-order valence-electron chi connectivity index (χ3n) is 2.63. The van der Waals surface area contributed by atoms with Crippen molar-refractivity contribution in [2.75, 3.05) is 13.2 Å².